The van der Waals surface area contributed by atoms with Crippen LogP contribution in [0.5, 0.6) is 11.5 Å². The van der Waals surface area contributed by atoms with Gasteiger partial charge in [-0.1, -0.05) is 6.07 Å². The van der Waals surface area contributed by atoms with Crippen LogP contribution in [0.15, 0.2) is 34.8 Å². The first-order chi connectivity index (χ1) is 9.97. The van der Waals surface area contributed by atoms with Crippen molar-refractivity contribution in [3.63, 3.8) is 0 Å². The molecule has 0 aliphatic heterocycles. The minimum atomic E-state index is -0.438. The van der Waals surface area contributed by atoms with Crippen LogP contribution >= 0.6 is 15.9 Å². The molecule has 0 saturated carbocycles. The second-order valence-electron chi connectivity index (χ2n) is 4.71. The van der Waals surface area contributed by atoms with E-state index in [4.69, 9.17) is 15.2 Å². The highest BCUT2D eigenvalue weighted by Gasteiger charge is 2.16. The fourth-order valence-corrected chi connectivity index (χ4v) is 2.46. The van der Waals surface area contributed by atoms with Crippen molar-refractivity contribution in [3.05, 3.63) is 57.3 Å². The third-order valence-electron chi connectivity index (χ3n) is 3.41. The number of methoxy groups -OCH3 is 2. The summed E-state index contributed by atoms with van der Waals surface area (Å²) in [5.41, 5.74) is 8.80. The maximum atomic E-state index is 13.7. The number of benzene rings is 2. The molecule has 0 heterocycles. The van der Waals surface area contributed by atoms with Crippen molar-refractivity contribution in [2.24, 2.45) is 5.73 Å². The highest BCUT2D eigenvalue weighted by molar-refractivity contribution is 9.10. The molecule has 1 unspecified atom stereocenters. The minimum absolute atomic E-state index is 0.332. The van der Waals surface area contributed by atoms with E-state index >= 15 is 0 Å². The van der Waals surface area contributed by atoms with Gasteiger partial charge in [-0.2, -0.15) is 0 Å². The van der Waals surface area contributed by atoms with Crippen molar-refractivity contribution < 1.29 is 13.9 Å². The maximum absolute atomic E-state index is 13.7. The molecular formula is C16H17BrFNO2. The Balaban J connectivity index is 2.47. The lowest BCUT2D eigenvalue weighted by Crippen LogP contribution is -2.14. The van der Waals surface area contributed by atoms with E-state index in [0.717, 1.165) is 11.1 Å². The first kappa shape index (κ1) is 15.8. The Hall–Kier alpha value is -1.59. The van der Waals surface area contributed by atoms with Crippen molar-refractivity contribution in [1.29, 1.82) is 0 Å². The Bertz CT molecular complexity index is 661. The molecule has 21 heavy (non-hydrogen) atoms. The van der Waals surface area contributed by atoms with Gasteiger partial charge < -0.3 is 15.2 Å². The van der Waals surface area contributed by atoms with E-state index in [1.807, 2.05) is 19.1 Å². The van der Waals surface area contributed by atoms with Crippen LogP contribution in [-0.4, -0.2) is 14.2 Å². The van der Waals surface area contributed by atoms with Crippen LogP contribution in [0.3, 0.4) is 0 Å². The summed E-state index contributed by atoms with van der Waals surface area (Å²) in [6.45, 7) is 1.94. The summed E-state index contributed by atoms with van der Waals surface area (Å²) >= 11 is 3.14. The average Bonchev–Trinajstić information content (AvgIpc) is 2.49. The van der Waals surface area contributed by atoms with Gasteiger partial charge in [0.2, 0.25) is 0 Å². The van der Waals surface area contributed by atoms with Crippen LogP contribution in [-0.2, 0) is 0 Å². The molecule has 0 fully saturated rings. The van der Waals surface area contributed by atoms with Gasteiger partial charge in [-0.25, -0.2) is 4.39 Å². The summed E-state index contributed by atoms with van der Waals surface area (Å²) in [5, 5.41) is 0. The van der Waals surface area contributed by atoms with Gasteiger partial charge in [-0.15, -0.1) is 0 Å². The van der Waals surface area contributed by atoms with Gasteiger partial charge in [-0.3, -0.25) is 0 Å². The molecule has 2 aromatic carbocycles. The topological polar surface area (TPSA) is 44.5 Å². The molecule has 0 spiro atoms. The Labute approximate surface area is 132 Å². The van der Waals surface area contributed by atoms with E-state index in [-0.39, 0.29) is 5.82 Å². The first-order valence-electron chi connectivity index (χ1n) is 6.41. The number of hydrogen-bond acceptors (Lipinski definition) is 3. The highest BCUT2D eigenvalue weighted by atomic mass is 79.9. The molecule has 112 valence electrons. The zero-order valence-electron chi connectivity index (χ0n) is 12.1. The van der Waals surface area contributed by atoms with Crippen molar-refractivity contribution >= 4 is 15.9 Å². The van der Waals surface area contributed by atoms with E-state index in [1.165, 1.54) is 6.07 Å². The van der Waals surface area contributed by atoms with E-state index in [0.29, 0.717) is 21.5 Å². The summed E-state index contributed by atoms with van der Waals surface area (Å²) < 4.78 is 24.7. The van der Waals surface area contributed by atoms with E-state index in [9.17, 15) is 4.39 Å². The Morgan fingerprint density at radius 3 is 2.29 bits per heavy atom. The molecule has 0 aliphatic rings. The van der Waals surface area contributed by atoms with Crippen LogP contribution in [0.25, 0.3) is 0 Å². The molecule has 0 amide bonds. The lowest BCUT2D eigenvalue weighted by atomic mass is 9.95. The Kier molecular flexibility index (Phi) is 4.85. The van der Waals surface area contributed by atoms with Crippen LogP contribution in [0, 0.1) is 12.7 Å². The standard InChI is InChI=1S/C16H17BrFNO2/c1-9-6-14(20-2)15(21-3)8-11(9)16(19)10-4-5-12(17)13(18)7-10/h4-8,16H,19H2,1-3H3. The predicted octanol–water partition coefficient (Wildman–Crippen LogP) is 3.96. The highest BCUT2D eigenvalue weighted by Crippen LogP contribution is 2.34. The summed E-state index contributed by atoms with van der Waals surface area (Å²) in [4.78, 5) is 0. The number of hydrogen-bond donors (Lipinski definition) is 1. The molecule has 2 rings (SSSR count). The van der Waals surface area contributed by atoms with E-state index < -0.39 is 6.04 Å². The fraction of sp³-hybridized carbons (Fsp3) is 0.250. The van der Waals surface area contributed by atoms with Gasteiger partial charge in [0.1, 0.15) is 5.82 Å². The SMILES string of the molecule is COc1cc(C)c(C(N)c2ccc(Br)c(F)c2)cc1OC. The smallest absolute Gasteiger partial charge is 0.161 e. The number of halogens is 2. The average molecular weight is 354 g/mol. The summed E-state index contributed by atoms with van der Waals surface area (Å²) in [7, 11) is 3.16. The number of nitrogens with two attached hydrogens (primary N) is 1. The molecule has 1 atom stereocenters. The van der Waals surface area contributed by atoms with Gasteiger partial charge in [0.05, 0.1) is 24.7 Å². The van der Waals surface area contributed by atoms with E-state index in [2.05, 4.69) is 15.9 Å². The second kappa shape index (κ2) is 6.45. The first-order valence-corrected chi connectivity index (χ1v) is 7.20. The zero-order valence-corrected chi connectivity index (χ0v) is 13.7. The Morgan fingerprint density at radius 1 is 1.10 bits per heavy atom. The molecule has 2 aromatic rings. The minimum Gasteiger partial charge on any atom is -0.493 e. The van der Waals surface area contributed by atoms with E-state index in [1.54, 1.807) is 26.4 Å². The Morgan fingerprint density at radius 2 is 1.71 bits per heavy atom. The van der Waals surface area contributed by atoms with Crippen LogP contribution in [0.1, 0.15) is 22.7 Å². The third kappa shape index (κ3) is 3.19. The number of ether oxygens (including phenoxy) is 2. The lowest BCUT2D eigenvalue weighted by molar-refractivity contribution is 0.354. The molecule has 0 bridgehead atoms. The van der Waals surface area contributed by atoms with Crippen molar-refractivity contribution in [2.75, 3.05) is 14.2 Å². The van der Waals surface area contributed by atoms with Crippen molar-refractivity contribution in [3.8, 4) is 11.5 Å². The molecule has 5 heteroatoms. The van der Waals surface area contributed by atoms with Crippen LogP contribution < -0.4 is 15.2 Å². The normalized spacial score (nSPS) is 12.1. The van der Waals surface area contributed by atoms with Crippen LogP contribution in [0.4, 0.5) is 4.39 Å². The molecule has 0 radical (unpaired) electrons. The zero-order chi connectivity index (χ0) is 15.6. The van der Waals surface area contributed by atoms with Crippen LogP contribution in [0.2, 0.25) is 0 Å². The molecule has 3 nitrogen and oxygen atoms in total. The van der Waals surface area contributed by atoms with Gasteiger partial charge in [-0.05, 0) is 63.8 Å². The number of aryl methyl sites for hydroxylation is 1. The predicted molar refractivity (Wildman–Crippen MR) is 84.4 cm³/mol. The van der Waals surface area contributed by atoms with Gasteiger partial charge >= 0.3 is 0 Å². The van der Waals surface area contributed by atoms with Gasteiger partial charge in [0, 0.05) is 0 Å². The van der Waals surface area contributed by atoms with Gasteiger partial charge in [0.15, 0.2) is 11.5 Å². The summed E-state index contributed by atoms with van der Waals surface area (Å²) in [6, 6.07) is 8.15. The summed E-state index contributed by atoms with van der Waals surface area (Å²) in [5.74, 6) is 0.917. The molecular weight excluding hydrogens is 337 g/mol. The number of rotatable bonds is 4. The largest absolute Gasteiger partial charge is 0.493 e. The molecule has 2 N–H and O–H groups in total. The molecule has 0 aliphatic carbocycles. The lowest BCUT2D eigenvalue weighted by Gasteiger charge is -2.18. The fourth-order valence-electron chi connectivity index (χ4n) is 2.22. The molecule has 0 aromatic heterocycles. The second-order valence-corrected chi connectivity index (χ2v) is 5.57. The third-order valence-corrected chi connectivity index (χ3v) is 4.05. The van der Waals surface area contributed by atoms with Crippen molar-refractivity contribution in [2.45, 2.75) is 13.0 Å². The maximum Gasteiger partial charge on any atom is 0.161 e. The van der Waals surface area contributed by atoms with Gasteiger partial charge in [0.25, 0.3) is 0 Å². The quantitative estimate of drug-likeness (QED) is 0.904. The molecule has 0 saturated heterocycles. The monoisotopic (exact) mass is 353 g/mol. The van der Waals surface area contributed by atoms with Crippen molar-refractivity contribution in [1.82, 2.24) is 0 Å². The summed E-state index contributed by atoms with van der Waals surface area (Å²) in [6.07, 6.45) is 0.